The largest absolute Gasteiger partial charge is 0.465 e. The van der Waals surface area contributed by atoms with Crippen LogP contribution in [0.1, 0.15) is 50.0 Å². The van der Waals surface area contributed by atoms with Crippen LogP contribution < -0.4 is 0 Å². The molecule has 0 atom stereocenters. The van der Waals surface area contributed by atoms with E-state index in [2.05, 4.69) is 0 Å². The second-order valence-corrected chi connectivity index (χ2v) is 5.52. The minimum absolute atomic E-state index is 0.0510. The number of esters is 2. The summed E-state index contributed by atoms with van der Waals surface area (Å²) in [6.45, 7) is 7.09. The Morgan fingerprint density at radius 1 is 1.04 bits per heavy atom. The lowest BCUT2D eigenvalue weighted by molar-refractivity contribution is -0.170. The molecular formula is C19H25NO6. The van der Waals surface area contributed by atoms with Gasteiger partial charge >= 0.3 is 11.9 Å². The van der Waals surface area contributed by atoms with Crippen molar-refractivity contribution in [3.63, 3.8) is 0 Å². The summed E-state index contributed by atoms with van der Waals surface area (Å²) in [5.74, 6) is -1.16. The second-order valence-electron chi connectivity index (χ2n) is 5.52. The molecule has 1 N–H and O–H groups in total. The van der Waals surface area contributed by atoms with E-state index in [1.54, 1.807) is 45.0 Å². The van der Waals surface area contributed by atoms with Crippen molar-refractivity contribution in [2.45, 2.75) is 40.5 Å². The molecule has 0 aliphatic carbocycles. The number of carbonyl (C=O) groups excluding carboxylic acids is 3. The molecule has 0 aliphatic rings. The van der Waals surface area contributed by atoms with Gasteiger partial charge in [0.2, 0.25) is 0 Å². The van der Waals surface area contributed by atoms with E-state index in [1.807, 2.05) is 0 Å². The van der Waals surface area contributed by atoms with Gasteiger partial charge in [0.1, 0.15) is 0 Å². The van der Waals surface area contributed by atoms with Crippen LogP contribution in [-0.2, 0) is 25.5 Å². The monoisotopic (exact) mass is 363 g/mol. The first-order valence-corrected chi connectivity index (χ1v) is 8.30. The molecule has 1 aromatic rings. The Labute approximate surface area is 153 Å². The third-order valence-electron chi connectivity index (χ3n) is 3.61. The second kappa shape index (κ2) is 11.6. The lowest BCUT2D eigenvalue weighted by Gasteiger charge is -2.25. The summed E-state index contributed by atoms with van der Waals surface area (Å²) in [4.78, 5) is 36.1. The van der Waals surface area contributed by atoms with Crippen LogP contribution in [0.25, 0.3) is 0 Å². The van der Waals surface area contributed by atoms with Gasteiger partial charge in [0, 0.05) is 12.0 Å². The number of aliphatic hydroxyl groups is 1. The SMILES string of the molecule is CCOC(=O)C(C)(Cc1ccc(C(=O)CC)cc1)C(=O)OCC.N#CO. The molecule has 0 radical (unpaired) electrons. The van der Waals surface area contributed by atoms with Gasteiger partial charge in [-0.05, 0) is 32.8 Å². The van der Waals surface area contributed by atoms with E-state index in [0.717, 1.165) is 11.8 Å². The number of hydrogen-bond acceptors (Lipinski definition) is 7. The molecule has 0 aliphatic heterocycles. The summed E-state index contributed by atoms with van der Waals surface area (Å²) in [5, 5.41) is 13.8. The van der Waals surface area contributed by atoms with E-state index >= 15 is 0 Å². The fraction of sp³-hybridized carbons (Fsp3) is 0.474. The summed E-state index contributed by atoms with van der Waals surface area (Å²) in [6.07, 6.45) is 1.34. The Morgan fingerprint density at radius 2 is 1.46 bits per heavy atom. The van der Waals surface area contributed by atoms with Crippen LogP contribution in [0.4, 0.5) is 0 Å². The van der Waals surface area contributed by atoms with Gasteiger partial charge in [-0.2, -0.15) is 5.26 Å². The Hall–Kier alpha value is -2.88. The van der Waals surface area contributed by atoms with E-state index < -0.39 is 17.4 Å². The van der Waals surface area contributed by atoms with Crippen molar-refractivity contribution < 1.29 is 29.0 Å². The normalized spacial score (nSPS) is 9.96. The summed E-state index contributed by atoms with van der Waals surface area (Å²) < 4.78 is 10.1. The summed E-state index contributed by atoms with van der Waals surface area (Å²) in [7, 11) is 0. The molecule has 0 amide bonds. The van der Waals surface area contributed by atoms with Gasteiger partial charge in [-0.3, -0.25) is 14.4 Å². The number of hydrogen-bond donors (Lipinski definition) is 1. The number of benzene rings is 1. The van der Waals surface area contributed by atoms with E-state index in [0.29, 0.717) is 12.0 Å². The number of ether oxygens (including phenoxy) is 2. The average molecular weight is 363 g/mol. The summed E-state index contributed by atoms with van der Waals surface area (Å²) in [6, 6.07) is 6.91. The van der Waals surface area contributed by atoms with Gasteiger partial charge < -0.3 is 14.6 Å². The lowest BCUT2D eigenvalue weighted by atomic mass is 9.83. The molecular weight excluding hydrogens is 338 g/mol. The molecule has 0 fully saturated rings. The first-order chi connectivity index (χ1) is 12.3. The van der Waals surface area contributed by atoms with Crippen LogP contribution >= 0.6 is 0 Å². The van der Waals surface area contributed by atoms with Gasteiger partial charge in [-0.15, -0.1) is 0 Å². The predicted molar refractivity (Wildman–Crippen MR) is 93.7 cm³/mol. The highest BCUT2D eigenvalue weighted by Gasteiger charge is 2.44. The van der Waals surface area contributed by atoms with Crippen LogP contribution in [0, 0.1) is 16.9 Å². The van der Waals surface area contributed by atoms with Gasteiger partial charge in [0.05, 0.1) is 13.2 Å². The van der Waals surface area contributed by atoms with Crippen LogP contribution in [0.2, 0.25) is 0 Å². The molecule has 7 heteroatoms. The highest BCUT2D eigenvalue weighted by atomic mass is 16.6. The smallest absolute Gasteiger partial charge is 0.323 e. The average Bonchev–Trinajstić information content (AvgIpc) is 2.62. The number of rotatable bonds is 8. The Kier molecular flexibility index (Phi) is 10.3. The summed E-state index contributed by atoms with van der Waals surface area (Å²) in [5.41, 5.74) is -0.0195. The lowest BCUT2D eigenvalue weighted by Crippen LogP contribution is -2.41. The third-order valence-corrected chi connectivity index (χ3v) is 3.61. The maximum atomic E-state index is 12.2. The minimum atomic E-state index is -1.40. The van der Waals surface area contributed by atoms with Crippen LogP contribution in [0.3, 0.4) is 0 Å². The van der Waals surface area contributed by atoms with E-state index in [-0.39, 0.29) is 25.4 Å². The van der Waals surface area contributed by atoms with Crippen molar-refractivity contribution in [1.82, 2.24) is 0 Å². The zero-order chi connectivity index (χ0) is 20.2. The van der Waals surface area contributed by atoms with E-state index in [4.69, 9.17) is 19.8 Å². The number of ketones is 1. The minimum Gasteiger partial charge on any atom is -0.465 e. The molecule has 0 saturated carbocycles. The number of carbonyl (C=O) groups is 3. The van der Waals surface area contributed by atoms with Crippen molar-refractivity contribution in [2.24, 2.45) is 5.41 Å². The standard InChI is InChI=1S/C18H24O5.CHNO/c1-5-15(19)14-10-8-13(9-11-14)12-18(4,16(20)22-6-2)17(21)23-7-3;2-1-3/h8-11H,5-7,12H2,1-4H3;3H. The quantitative estimate of drug-likeness (QED) is 0.327. The molecule has 1 rings (SSSR count). The van der Waals surface area contributed by atoms with E-state index in [1.165, 1.54) is 6.92 Å². The zero-order valence-electron chi connectivity index (χ0n) is 15.6. The molecule has 1 aromatic carbocycles. The first-order valence-electron chi connectivity index (χ1n) is 8.30. The third kappa shape index (κ3) is 6.55. The van der Waals surface area contributed by atoms with Crippen molar-refractivity contribution in [2.75, 3.05) is 13.2 Å². The fourth-order valence-electron chi connectivity index (χ4n) is 2.23. The van der Waals surface area contributed by atoms with Crippen molar-refractivity contribution in [3.8, 4) is 6.26 Å². The fourth-order valence-corrected chi connectivity index (χ4v) is 2.23. The first kappa shape index (κ1) is 23.1. The molecule has 0 bridgehead atoms. The molecule has 26 heavy (non-hydrogen) atoms. The van der Waals surface area contributed by atoms with Gasteiger partial charge in [0.25, 0.3) is 6.26 Å². The number of aliphatic hydroxyl groups excluding tert-OH is 1. The molecule has 142 valence electrons. The van der Waals surface area contributed by atoms with Crippen molar-refractivity contribution in [3.05, 3.63) is 35.4 Å². The molecule has 7 nitrogen and oxygen atoms in total. The molecule has 0 heterocycles. The van der Waals surface area contributed by atoms with Gasteiger partial charge in [0.15, 0.2) is 11.2 Å². The van der Waals surface area contributed by atoms with Crippen molar-refractivity contribution >= 4 is 17.7 Å². The Morgan fingerprint density at radius 3 is 1.81 bits per heavy atom. The molecule has 0 aromatic heterocycles. The molecule has 0 saturated heterocycles. The summed E-state index contributed by atoms with van der Waals surface area (Å²) >= 11 is 0. The topological polar surface area (TPSA) is 114 Å². The maximum Gasteiger partial charge on any atom is 0.323 e. The van der Waals surface area contributed by atoms with Gasteiger partial charge in [-0.1, -0.05) is 31.2 Å². The molecule has 0 unspecified atom stereocenters. The van der Waals surface area contributed by atoms with Crippen LogP contribution in [0.15, 0.2) is 24.3 Å². The predicted octanol–water partition coefficient (Wildman–Crippen LogP) is 2.79. The van der Waals surface area contributed by atoms with Crippen molar-refractivity contribution in [1.29, 1.82) is 5.26 Å². The van der Waals surface area contributed by atoms with Gasteiger partial charge in [-0.25, -0.2) is 0 Å². The Bertz CT molecular complexity index is 627. The maximum absolute atomic E-state index is 12.2. The highest BCUT2D eigenvalue weighted by molar-refractivity contribution is 6.00. The molecule has 0 spiro atoms. The number of nitrogens with zero attached hydrogens (tertiary/aromatic N) is 1. The number of nitriles is 1. The zero-order valence-corrected chi connectivity index (χ0v) is 15.6. The van der Waals surface area contributed by atoms with Crippen LogP contribution in [-0.4, -0.2) is 36.0 Å². The van der Waals surface area contributed by atoms with E-state index in [9.17, 15) is 14.4 Å². The Balaban J connectivity index is 0.00000194. The number of Topliss-reactive ketones (excluding diaryl/α,β-unsaturated/α-hetero) is 1. The highest BCUT2D eigenvalue weighted by Crippen LogP contribution is 2.27. The van der Waals surface area contributed by atoms with Crippen LogP contribution in [0.5, 0.6) is 0 Å².